The lowest BCUT2D eigenvalue weighted by Crippen LogP contribution is -2.33. The van der Waals surface area contributed by atoms with Gasteiger partial charge in [-0.05, 0) is 44.5 Å². The highest BCUT2D eigenvalue weighted by molar-refractivity contribution is 6.23. The lowest BCUT2D eigenvalue weighted by atomic mass is 10.0. The van der Waals surface area contributed by atoms with Crippen LogP contribution in [0.3, 0.4) is 0 Å². The fourth-order valence-electron chi connectivity index (χ4n) is 4.18. The van der Waals surface area contributed by atoms with Crippen molar-refractivity contribution < 1.29 is 19.0 Å². The number of benzene rings is 2. The number of methoxy groups -OCH3 is 1. The van der Waals surface area contributed by atoms with Crippen LogP contribution in [0.1, 0.15) is 48.5 Å². The van der Waals surface area contributed by atoms with Crippen molar-refractivity contribution in [3.63, 3.8) is 0 Å². The summed E-state index contributed by atoms with van der Waals surface area (Å²) in [4.78, 5) is 15.5. The van der Waals surface area contributed by atoms with Gasteiger partial charge in [-0.2, -0.15) is 0 Å². The number of hydrogen-bond acceptors (Lipinski definition) is 5. The Labute approximate surface area is 172 Å². The largest absolute Gasteiger partial charge is 0.497 e. The van der Waals surface area contributed by atoms with E-state index in [2.05, 4.69) is 11.8 Å². The summed E-state index contributed by atoms with van der Waals surface area (Å²) in [6, 6.07) is 9.37. The average molecular weight is 395 g/mol. The van der Waals surface area contributed by atoms with E-state index in [1.807, 2.05) is 24.3 Å². The van der Waals surface area contributed by atoms with Gasteiger partial charge in [0, 0.05) is 34.9 Å². The predicted octanol–water partition coefficient (Wildman–Crippen LogP) is 4.56. The van der Waals surface area contributed by atoms with Crippen LogP contribution in [0.25, 0.3) is 11.1 Å². The van der Waals surface area contributed by atoms with E-state index in [1.165, 1.54) is 19.3 Å². The molecule has 0 saturated carbocycles. The molecular formula is C24H29NO4. The first kappa shape index (κ1) is 19.8. The number of ether oxygens (including phenoxy) is 3. The van der Waals surface area contributed by atoms with Crippen molar-refractivity contribution in [1.29, 1.82) is 0 Å². The fraction of sp³-hybridized carbons (Fsp3) is 0.458. The van der Waals surface area contributed by atoms with Crippen molar-refractivity contribution in [2.45, 2.75) is 32.6 Å². The van der Waals surface area contributed by atoms with Gasteiger partial charge in [-0.15, -0.1) is 0 Å². The van der Waals surface area contributed by atoms with Crippen LogP contribution in [-0.4, -0.2) is 50.6 Å². The van der Waals surface area contributed by atoms with Crippen LogP contribution in [0.4, 0.5) is 0 Å². The summed E-state index contributed by atoms with van der Waals surface area (Å²) in [5.74, 6) is 2.05. The van der Waals surface area contributed by atoms with Crippen molar-refractivity contribution >= 4 is 5.78 Å². The Morgan fingerprint density at radius 3 is 2.45 bits per heavy atom. The number of hydrogen-bond donors (Lipinski definition) is 0. The maximum absolute atomic E-state index is 13.1. The molecule has 154 valence electrons. The minimum atomic E-state index is -0.00303. The minimum absolute atomic E-state index is 0.00303. The van der Waals surface area contributed by atoms with Crippen LogP contribution in [0.15, 0.2) is 30.3 Å². The van der Waals surface area contributed by atoms with Crippen molar-refractivity contribution in [3.8, 4) is 28.4 Å². The molecule has 0 radical (unpaired) electrons. The summed E-state index contributed by atoms with van der Waals surface area (Å²) in [5.41, 5.74) is 2.97. The standard InChI is InChI=1S/C24H29NO4/c1-3-13-28-21-16-17(27-2)15-19-23(21)22-18(24(19)26)8-7-9-20(22)29-14-12-25-10-5-4-6-11-25/h7-9,15-16H,3-6,10-14H2,1-2H3. The van der Waals surface area contributed by atoms with Crippen molar-refractivity contribution in [2.75, 3.05) is 40.0 Å². The zero-order valence-electron chi connectivity index (χ0n) is 17.3. The van der Waals surface area contributed by atoms with E-state index >= 15 is 0 Å². The Kier molecular flexibility index (Phi) is 6.05. The molecule has 5 nitrogen and oxygen atoms in total. The van der Waals surface area contributed by atoms with E-state index in [0.29, 0.717) is 35.8 Å². The highest BCUT2D eigenvalue weighted by Crippen LogP contribution is 2.49. The van der Waals surface area contributed by atoms with Crippen molar-refractivity contribution in [2.24, 2.45) is 0 Å². The van der Waals surface area contributed by atoms with Crippen molar-refractivity contribution in [3.05, 3.63) is 41.5 Å². The summed E-state index contributed by atoms with van der Waals surface area (Å²) in [5, 5.41) is 0. The minimum Gasteiger partial charge on any atom is -0.497 e. The second-order valence-corrected chi connectivity index (χ2v) is 7.66. The number of fused-ring (bicyclic) bond motifs is 3. The second-order valence-electron chi connectivity index (χ2n) is 7.66. The van der Waals surface area contributed by atoms with Crippen LogP contribution >= 0.6 is 0 Å². The molecule has 0 unspecified atom stereocenters. The molecule has 4 rings (SSSR count). The molecule has 0 aromatic heterocycles. The number of rotatable bonds is 8. The van der Waals surface area contributed by atoms with E-state index in [-0.39, 0.29) is 5.78 Å². The van der Waals surface area contributed by atoms with E-state index in [0.717, 1.165) is 42.9 Å². The molecule has 2 aliphatic rings. The molecule has 29 heavy (non-hydrogen) atoms. The van der Waals surface area contributed by atoms with Gasteiger partial charge in [-0.3, -0.25) is 9.69 Å². The number of likely N-dealkylation sites (tertiary alicyclic amines) is 1. The van der Waals surface area contributed by atoms with E-state index < -0.39 is 0 Å². The maximum atomic E-state index is 13.1. The molecule has 1 fully saturated rings. The zero-order chi connectivity index (χ0) is 20.2. The number of carbonyl (C=O) groups excluding carboxylic acids is 1. The van der Waals surface area contributed by atoms with Gasteiger partial charge in [0.15, 0.2) is 5.78 Å². The number of piperidine rings is 1. The van der Waals surface area contributed by atoms with Gasteiger partial charge in [0.1, 0.15) is 23.9 Å². The lowest BCUT2D eigenvalue weighted by Gasteiger charge is -2.26. The molecule has 1 aliphatic carbocycles. The summed E-state index contributed by atoms with van der Waals surface area (Å²) >= 11 is 0. The number of ketones is 1. The highest BCUT2D eigenvalue weighted by Gasteiger charge is 2.33. The molecule has 0 amide bonds. The Balaban J connectivity index is 1.64. The summed E-state index contributed by atoms with van der Waals surface area (Å²) < 4.78 is 17.6. The molecule has 0 atom stereocenters. The van der Waals surface area contributed by atoms with Crippen LogP contribution < -0.4 is 14.2 Å². The molecule has 2 aromatic rings. The van der Waals surface area contributed by atoms with E-state index in [1.54, 1.807) is 13.2 Å². The smallest absolute Gasteiger partial charge is 0.194 e. The first-order valence-corrected chi connectivity index (χ1v) is 10.6. The van der Waals surface area contributed by atoms with Gasteiger partial charge >= 0.3 is 0 Å². The molecule has 0 spiro atoms. The SMILES string of the molecule is CCCOc1cc(OC)cc2c1-c1c(OCCN3CCCCC3)cccc1C2=O. The number of carbonyl (C=O) groups is 1. The monoisotopic (exact) mass is 395 g/mol. The number of nitrogens with zero attached hydrogens (tertiary/aromatic N) is 1. The third-order valence-electron chi connectivity index (χ3n) is 5.65. The average Bonchev–Trinajstić information content (AvgIpc) is 3.06. The van der Waals surface area contributed by atoms with Crippen LogP contribution in [0, 0.1) is 0 Å². The van der Waals surface area contributed by atoms with Crippen LogP contribution in [0.2, 0.25) is 0 Å². The quantitative estimate of drug-likeness (QED) is 0.560. The summed E-state index contributed by atoms with van der Waals surface area (Å²) in [7, 11) is 1.60. The Morgan fingerprint density at radius 1 is 0.931 bits per heavy atom. The van der Waals surface area contributed by atoms with Gasteiger partial charge in [0.2, 0.25) is 0 Å². The topological polar surface area (TPSA) is 48.0 Å². The fourth-order valence-corrected chi connectivity index (χ4v) is 4.18. The third kappa shape index (κ3) is 3.97. The molecular weight excluding hydrogens is 366 g/mol. The second kappa shape index (κ2) is 8.87. The summed E-state index contributed by atoms with van der Waals surface area (Å²) in [6.07, 6.45) is 4.75. The highest BCUT2D eigenvalue weighted by atomic mass is 16.5. The lowest BCUT2D eigenvalue weighted by molar-refractivity contribution is 0.104. The van der Waals surface area contributed by atoms with Crippen molar-refractivity contribution in [1.82, 2.24) is 4.90 Å². The Morgan fingerprint density at radius 2 is 1.69 bits per heavy atom. The molecule has 1 saturated heterocycles. The van der Waals surface area contributed by atoms with Gasteiger partial charge in [0.25, 0.3) is 0 Å². The van der Waals surface area contributed by atoms with E-state index in [4.69, 9.17) is 14.2 Å². The molecule has 0 N–H and O–H groups in total. The van der Waals surface area contributed by atoms with Gasteiger partial charge in [0.05, 0.1) is 13.7 Å². The zero-order valence-corrected chi connectivity index (χ0v) is 17.3. The Hall–Kier alpha value is -2.53. The third-order valence-corrected chi connectivity index (χ3v) is 5.65. The predicted molar refractivity (Wildman–Crippen MR) is 113 cm³/mol. The normalized spacial score (nSPS) is 15.7. The molecule has 1 heterocycles. The van der Waals surface area contributed by atoms with Gasteiger partial charge in [-0.1, -0.05) is 25.5 Å². The molecule has 2 aromatic carbocycles. The molecule has 1 aliphatic heterocycles. The first-order chi connectivity index (χ1) is 14.2. The van der Waals surface area contributed by atoms with Crippen LogP contribution in [0.5, 0.6) is 17.2 Å². The van der Waals surface area contributed by atoms with Gasteiger partial charge in [-0.25, -0.2) is 0 Å². The Bertz CT molecular complexity index is 887. The van der Waals surface area contributed by atoms with Crippen LogP contribution in [-0.2, 0) is 0 Å². The van der Waals surface area contributed by atoms with E-state index in [9.17, 15) is 4.79 Å². The first-order valence-electron chi connectivity index (χ1n) is 10.6. The molecule has 5 heteroatoms. The molecule has 0 bridgehead atoms. The van der Waals surface area contributed by atoms with Gasteiger partial charge < -0.3 is 14.2 Å². The summed E-state index contributed by atoms with van der Waals surface area (Å²) in [6.45, 7) is 6.46. The maximum Gasteiger partial charge on any atom is 0.194 e.